The lowest BCUT2D eigenvalue weighted by Crippen LogP contribution is -2.38. The van der Waals surface area contributed by atoms with Gasteiger partial charge < -0.3 is 10.6 Å². The number of nitrogens with zero attached hydrogens (tertiary/aromatic N) is 1. The van der Waals surface area contributed by atoms with E-state index < -0.39 is 4.81 Å². The molecule has 0 aliphatic rings. The molecule has 8 heavy (non-hydrogen) atoms. The first kappa shape index (κ1) is 10.7. The van der Waals surface area contributed by atoms with Crippen LogP contribution in [0.4, 0.5) is 0 Å². The fourth-order valence-corrected chi connectivity index (χ4v) is 0.189. The van der Waals surface area contributed by atoms with Gasteiger partial charge in [-0.2, -0.15) is 10.4 Å². The van der Waals surface area contributed by atoms with Gasteiger partial charge in [-0.15, -0.1) is 0 Å². The van der Waals surface area contributed by atoms with Crippen LogP contribution in [-0.2, 0) is 0 Å². The second kappa shape index (κ2) is 3.76. The minimum Gasteiger partial charge on any atom is -0.870 e. The molecule has 0 unspecified atom stereocenters. The molecule has 0 aromatic heterocycles. The van der Waals surface area contributed by atoms with Crippen LogP contribution in [0.3, 0.4) is 0 Å². The molecule has 0 heterocycles. The third-order valence-corrected chi connectivity index (χ3v) is 0.524. The lowest BCUT2D eigenvalue weighted by Gasteiger charge is -2.12. The third-order valence-electron chi connectivity index (χ3n) is 0.524. The highest BCUT2D eigenvalue weighted by Crippen LogP contribution is 1.83. The fraction of sp³-hybridized carbons (Fsp3) is 1.00. The molecule has 5 nitrogen and oxygen atoms in total. The number of aliphatic hydroxyl groups excluding tert-OH is 1. The zero-order valence-corrected chi connectivity index (χ0v) is 4.65. The topological polar surface area (TPSA) is 90.7 Å². The van der Waals surface area contributed by atoms with Gasteiger partial charge in [0.1, 0.15) is 7.05 Å². The van der Waals surface area contributed by atoms with Gasteiger partial charge in [0, 0.05) is 0 Å². The highest BCUT2D eigenvalue weighted by atomic mass is 16.8. The van der Waals surface area contributed by atoms with Gasteiger partial charge >= 0.3 is 0 Å². The number of likely N-dealkylation sites (N-methyl/N-ethyl adjacent to an activating group) is 1. The van der Waals surface area contributed by atoms with E-state index in [1.807, 2.05) is 0 Å². The molecule has 0 saturated heterocycles. The van der Waals surface area contributed by atoms with Crippen LogP contribution in [0.2, 0.25) is 0 Å². The van der Waals surface area contributed by atoms with Crippen molar-refractivity contribution in [1.29, 1.82) is 0 Å². The predicted octanol–water partition coefficient (Wildman–Crippen LogP) is -0.973. The summed E-state index contributed by atoms with van der Waals surface area (Å²) in [6.07, 6.45) is 0. The van der Waals surface area contributed by atoms with Crippen LogP contribution in [0.5, 0.6) is 0 Å². The van der Waals surface area contributed by atoms with E-state index in [2.05, 4.69) is 0 Å². The quantitative estimate of drug-likeness (QED) is 0.327. The minimum atomic E-state index is -1.16. The number of hydrogen-bond donors (Lipinski definition) is 3. The van der Waals surface area contributed by atoms with E-state index in [4.69, 9.17) is 15.5 Å². The highest BCUT2D eigenvalue weighted by molar-refractivity contribution is 4.11. The SMILES string of the molecule is C[N+](O)(O)CCO.[OH-]. The standard InChI is InChI=1S/C3H10NO3.H2O/c1-4(6,7)2-3-5;/h5-7H,2-3H2,1H3;1H2/q+1;/p-1. The molecule has 5 heteroatoms. The predicted molar refractivity (Wildman–Crippen MR) is 23.6 cm³/mol. The average molecular weight is 125 g/mol. The summed E-state index contributed by atoms with van der Waals surface area (Å²) in [6.45, 7) is -0.274. The Bertz CT molecular complexity index is 49.7. The number of hydroxylamine groups is 4. The summed E-state index contributed by atoms with van der Waals surface area (Å²) in [7, 11) is 1.16. The van der Waals surface area contributed by atoms with E-state index in [0.717, 1.165) is 7.05 Å². The van der Waals surface area contributed by atoms with Crippen molar-refractivity contribution < 1.29 is 25.8 Å². The summed E-state index contributed by atoms with van der Waals surface area (Å²) in [5.41, 5.74) is 0. The minimum absolute atomic E-state index is 0. The average Bonchev–Trinajstić information content (AvgIpc) is 1.30. The zero-order chi connectivity index (χ0) is 5.91. The van der Waals surface area contributed by atoms with Crippen LogP contribution in [-0.4, -0.2) is 46.0 Å². The molecule has 0 aromatic rings. The summed E-state index contributed by atoms with van der Waals surface area (Å²) in [4.78, 5) is -1.16. The highest BCUT2D eigenvalue weighted by Gasteiger charge is 2.10. The summed E-state index contributed by atoms with van der Waals surface area (Å²) < 4.78 is 0. The third kappa shape index (κ3) is 9.25. The van der Waals surface area contributed by atoms with Crippen LogP contribution in [0.25, 0.3) is 0 Å². The van der Waals surface area contributed by atoms with Crippen molar-refractivity contribution in [3.63, 3.8) is 0 Å². The molecule has 0 aliphatic carbocycles. The molecule has 0 fully saturated rings. The van der Waals surface area contributed by atoms with Gasteiger partial charge in [-0.05, 0) is 4.81 Å². The number of aliphatic hydroxyl groups is 1. The lowest BCUT2D eigenvalue weighted by atomic mass is 10.7. The van der Waals surface area contributed by atoms with Gasteiger partial charge in [-0.3, -0.25) is 0 Å². The van der Waals surface area contributed by atoms with Crippen molar-refractivity contribution in [2.75, 3.05) is 20.2 Å². The fourth-order valence-electron chi connectivity index (χ4n) is 0.189. The Kier molecular flexibility index (Phi) is 5.04. The maximum absolute atomic E-state index is 8.35. The van der Waals surface area contributed by atoms with Gasteiger partial charge in [0.05, 0.1) is 6.61 Å². The summed E-state index contributed by atoms with van der Waals surface area (Å²) >= 11 is 0. The Morgan fingerprint density at radius 3 is 1.75 bits per heavy atom. The molecule has 0 radical (unpaired) electrons. The molecule has 52 valence electrons. The van der Waals surface area contributed by atoms with Gasteiger partial charge in [0.25, 0.3) is 0 Å². The first-order valence-corrected chi connectivity index (χ1v) is 1.98. The molecule has 0 rings (SSSR count). The lowest BCUT2D eigenvalue weighted by molar-refractivity contribution is -1.23. The van der Waals surface area contributed by atoms with E-state index in [0.29, 0.717) is 0 Å². The van der Waals surface area contributed by atoms with Crippen LogP contribution >= 0.6 is 0 Å². The Labute approximate surface area is 47.2 Å². The van der Waals surface area contributed by atoms with Crippen LogP contribution in [0.1, 0.15) is 0 Å². The molecule has 0 aliphatic heterocycles. The van der Waals surface area contributed by atoms with Crippen molar-refractivity contribution in [3.05, 3.63) is 0 Å². The number of rotatable bonds is 2. The zero-order valence-electron chi connectivity index (χ0n) is 4.65. The first-order chi connectivity index (χ1) is 3.06. The maximum atomic E-state index is 8.35. The smallest absolute Gasteiger partial charge is 0.164 e. The second-order valence-corrected chi connectivity index (χ2v) is 1.54. The number of quaternary nitrogens is 1. The molecule has 0 spiro atoms. The molecule has 0 aromatic carbocycles. The van der Waals surface area contributed by atoms with Gasteiger partial charge in [-0.1, -0.05) is 0 Å². The molecule has 0 bridgehead atoms. The molecular weight excluding hydrogens is 114 g/mol. The Morgan fingerprint density at radius 2 is 1.75 bits per heavy atom. The van der Waals surface area contributed by atoms with Crippen LogP contribution < -0.4 is 0 Å². The Morgan fingerprint density at radius 1 is 1.38 bits per heavy atom. The van der Waals surface area contributed by atoms with Gasteiger partial charge in [-0.25, -0.2) is 0 Å². The van der Waals surface area contributed by atoms with Crippen molar-refractivity contribution in [3.8, 4) is 0 Å². The molecule has 0 atom stereocenters. The maximum Gasteiger partial charge on any atom is 0.164 e. The van der Waals surface area contributed by atoms with E-state index in [1.54, 1.807) is 0 Å². The summed E-state index contributed by atoms with van der Waals surface area (Å²) in [5, 5.41) is 24.8. The van der Waals surface area contributed by atoms with E-state index in [1.165, 1.54) is 0 Å². The van der Waals surface area contributed by atoms with E-state index in [-0.39, 0.29) is 18.6 Å². The van der Waals surface area contributed by atoms with E-state index >= 15 is 0 Å². The Hall–Kier alpha value is -0.200. The normalized spacial score (nSPS) is 10.5. The molecule has 0 amide bonds. The first-order valence-electron chi connectivity index (χ1n) is 1.98. The monoisotopic (exact) mass is 125 g/mol. The second-order valence-electron chi connectivity index (χ2n) is 1.54. The van der Waals surface area contributed by atoms with Crippen molar-refractivity contribution >= 4 is 0 Å². The van der Waals surface area contributed by atoms with Crippen molar-refractivity contribution in [2.45, 2.75) is 0 Å². The van der Waals surface area contributed by atoms with Crippen molar-refractivity contribution in [1.82, 2.24) is 0 Å². The van der Waals surface area contributed by atoms with Crippen molar-refractivity contribution in [2.24, 2.45) is 0 Å². The number of hydrogen-bond acceptors (Lipinski definition) is 4. The molecule has 4 N–H and O–H groups in total. The molecular formula is C3H11NO4. The van der Waals surface area contributed by atoms with E-state index in [9.17, 15) is 0 Å². The molecule has 0 saturated carbocycles. The summed E-state index contributed by atoms with van der Waals surface area (Å²) in [5.74, 6) is 0. The van der Waals surface area contributed by atoms with Crippen LogP contribution in [0.15, 0.2) is 0 Å². The summed E-state index contributed by atoms with van der Waals surface area (Å²) in [6, 6.07) is 0. The largest absolute Gasteiger partial charge is 0.870 e. The van der Waals surface area contributed by atoms with Gasteiger partial charge in [0.15, 0.2) is 6.54 Å². The van der Waals surface area contributed by atoms with Crippen LogP contribution in [0, 0.1) is 0 Å². The Balaban J connectivity index is 0. The van der Waals surface area contributed by atoms with Gasteiger partial charge in [0.2, 0.25) is 0 Å².